The van der Waals surface area contributed by atoms with Crippen molar-refractivity contribution >= 4 is 0 Å². The number of nitrogens with one attached hydrogen (secondary N) is 1. The van der Waals surface area contributed by atoms with Crippen molar-refractivity contribution in [2.24, 2.45) is 5.92 Å². The van der Waals surface area contributed by atoms with Gasteiger partial charge in [0.25, 0.3) is 0 Å². The van der Waals surface area contributed by atoms with Gasteiger partial charge in [-0.3, -0.25) is 9.88 Å². The monoisotopic (exact) mass is 261 g/mol. The second-order valence-corrected chi connectivity index (χ2v) is 5.93. The van der Waals surface area contributed by atoms with Crippen molar-refractivity contribution < 1.29 is 0 Å². The summed E-state index contributed by atoms with van der Waals surface area (Å²) in [5.41, 5.74) is 1.18. The highest BCUT2D eigenvalue weighted by molar-refractivity contribution is 5.08. The summed E-state index contributed by atoms with van der Waals surface area (Å²) in [6.07, 6.45) is 4.56. The number of hydrogen-bond donors (Lipinski definition) is 1. The van der Waals surface area contributed by atoms with Gasteiger partial charge in [0.2, 0.25) is 0 Å². The zero-order chi connectivity index (χ0) is 13.7. The molecule has 0 bridgehead atoms. The van der Waals surface area contributed by atoms with Gasteiger partial charge in [-0.2, -0.15) is 0 Å². The lowest BCUT2D eigenvalue weighted by atomic mass is 9.97. The molecule has 0 saturated carbocycles. The summed E-state index contributed by atoms with van der Waals surface area (Å²) < 4.78 is 0. The summed E-state index contributed by atoms with van der Waals surface area (Å²) in [4.78, 5) is 7.10. The Bertz CT molecular complexity index is 358. The Morgan fingerprint density at radius 1 is 1.37 bits per heavy atom. The molecular weight excluding hydrogens is 234 g/mol. The SMILES string of the molecule is CC(C)N(CC1CCCNC1)C(C)c1ccccn1. The minimum atomic E-state index is 0.392. The third-order valence-electron chi connectivity index (χ3n) is 4.14. The lowest BCUT2D eigenvalue weighted by molar-refractivity contribution is 0.124. The molecule has 1 aromatic heterocycles. The molecule has 0 radical (unpaired) electrons. The maximum absolute atomic E-state index is 4.52. The highest BCUT2D eigenvalue weighted by Crippen LogP contribution is 2.23. The second-order valence-electron chi connectivity index (χ2n) is 5.93. The lowest BCUT2D eigenvalue weighted by Gasteiger charge is -2.36. The molecule has 1 N–H and O–H groups in total. The molecule has 0 amide bonds. The summed E-state index contributed by atoms with van der Waals surface area (Å²) in [5, 5.41) is 3.52. The molecular formula is C16H27N3. The van der Waals surface area contributed by atoms with Crippen molar-refractivity contribution in [2.45, 2.75) is 45.7 Å². The van der Waals surface area contributed by atoms with E-state index in [1.165, 1.54) is 31.6 Å². The van der Waals surface area contributed by atoms with Crippen LogP contribution in [0.15, 0.2) is 24.4 Å². The van der Waals surface area contributed by atoms with Gasteiger partial charge in [0.1, 0.15) is 0 Å². The molecule has 3 heteroatoms. The van der Waals surface area contributed by atoms with Gasteiger partial charge < -0.3 is 5.32 Å². The van der Waals surface area contributed by atoms with Crippen molar-refractivity contribution in [3.63, 3.8) is 0 Å². The number of hydrogen-bond acceptors (Lipinski definition) is 3. The van der Waals surface area contributed by atoms with Crippen LogP contribution in [0, 0.1) is 5.92 Å². The summed E-state index contributed by atoms with van der Waals surface area (Å²) in [6, 6.07) is 7.15. The molecule has 2 heterocycles. The highest BCUT2D eigenvalue weighted by atomic mass is 15.2. The van der Waals surface area contributed by atoms with Gasteiger partial charge in [-0.1, -0.05) is 6.07 Å². The predicted molar refractivity (Wildman–Crippen MR) is 80.1 cm³/mol. The smallest absolute Gasteiger partial charge is 0.0572 e. The fourth-order valence-corrected chi connectivity index (χ4v) is 2.99. The summed E-state index contributed by atoms with van der Waals surface area (Å²) in [7, 11) is 0. The van der Waals surface area contributed by atoms with E-state index in [1.54, 1.807) is 0 Å². The van der Waals surface area contributed by atoms with Gasteiger partial charge in [-0.15, -0.1) is 0 Å². The average molecular weight is 261 g/mol. The van der Waals surface area contributed by atoms with Crippen LogP contribution in [0.4, 0.5) is 0 Å². The van der Waals surface area contributed by atoms with Crippen LogP contribution < -0.4 is 5.32 Å². The first-order chi connectivity index (χ1) is 9.18. The Kier molecular flexibility index (Phi) is 5.34. The Hall–Kier alpha value is -0.930. The molecule has 1 aromatic rings. The zero-order valence-corrected chi connectivity index (χ0v) is 12.5. The van der Waals surface area contributed by atoms with Crippen LogP contribution in [0.3, 0.4) is 0 Å². The topological polar surface area (TPSA) is 28.2 Å². The molecule has 0 spiro atoms. The maximum atomic E-state index is 4.52. The first-order valence-electron chi connectivity index (χ1n) is 7.56. The Labute approximate surface area is 117 Å². The van der Waals surface area contributed by atoms with Crippen molar-refractivity contribution in [3.8, 4) is 0 Å². The molecule has 0 aliphatic carbocycles. The molecule has 2 rings (SSSR count). The van der Waals surface area contributed by atoms with Crippen LogP contribution in [-0.2, 0) is 0 Å². The van der Waals surface area contributed by atoms with Crippen molar-refractivity contribution in [3.05, 3.63) is 30.1 Å². The molecule has 1 aliphatic heterocycles. The fourth-order valence-electron chi connectivity index (χ4n) is 2.99. The van der Waals surface area contributed by atoms with E-state index in [0.29, 0.717) is 12.1 Å². The Morgan fingerprint density at radius 3 is 2.79 bits per heavy atom. The summed E-state index contributed by atoms with van der Waals surface area (Å²) >= 11 is 0. The van der Waals surface area contributed by atoms with Crippen molar-refractivity contribution in [2.75, 3.05) is 19.6 Å². The second kappa shape index (κ2) is 7.01. The normalized spacial score (nSPS) is 21.8. The van der Waals surface area contributed by atoms with E-state index in [9.17, 15) is 0 Å². The third-order valence-corrected chi connectivity index (χ3v) is 4.14. The molecule has 1 aliphatic rings. The van der Waals surface area contributed by atoms with Crippen LogP contribution in [0.25, 0.3) is 0 Å². The molecule has 1 saturated heterocycles. The van der Waals surface area contributed by atoms with Crippen LogP contribution >= 0.6 is 0 Å². The van der Waals surface area contributed by atoms with Crippen molar-refractivity contribution in [1.82, 2.24) is 15.2 Å². The van der Waals surface area contributed by atoms with E-state index in [1.807, 2.05) is 12.3 Å². The molecule has 3 nitrogen and oxygen atoms in total. The maximum Gasteiger partial charge on any atom is 0.0572 e. The average Bonchev–Trinajstić information content (AvgIpc) is 2.46. The quantitative estimate of drug-likeness (QED) is 0.883. The van der Waals surface area contributed by atoms with E-state index in [4.69, 9.17) is 0 Å². The Balaban J connectivity index is 2.02. The van der Waals surface area contributed by atoms with Gasteiger partial charge in [-0.25, -0.2) is 0 Å². The summed E-state index contributed by atoms with van der Waals surface area (Å²) in [5.74, 6) is 0.780. The number of pyridine rings is 1. The van der Waals surface area contributed by atoms with Gasteiger partial charge in [-0.05, 0) is 64.8 Å². The van der Waals surface area contributed by atoms with Crippen LogP contribution in [0.2, 0.25) is 0 Å². The predicted octanol–water partition coefficient (Wildman–Crippen LogP) is 2.85. The van der Waals surface area contributed by atoms with E-state index in [-0.39, 0.29) is 0 Å². The van der Waals surface area contributed by atoms with Crippen molar-refractivity contribution in [1.29, 1.82) is 0 Å². The van der Waals surface area contributed by atoms with Gasteiger partial charge in [0.05, 0.1) is 5.69 Å². The number of nitrogens with zero attached hydrogens (tertiary/aromatic N) is 2. The minimum Gasteiger partial charge on any atom is -0.316 e. The number of rotatable bonds is 5. The van der Waals surface area contributed by atoms with E-state index in [0.717, 1.165) is 12.5 Å². The van der Waals surface area contributed by atoms with Gasteiger partial charge in [0, 0.05) is 24.8 Å². The number of piperidine rings is 1. The fraction of sp³-hybridized carbons (Fsp3) is 0.688. The standard InChI is InChI=1S/C16H27N3/c1-13(2)19(12-15-7-6-9-17-11-15)14(3)16-8-4-5-10-18-16/h4-5,8,10,13-15,17H,6-7,9,11-12H2,1-3H3. The molecule has 19 heavy (non-hydrogen) atoms. The third kappa shape index (κ3) is 4.02. The largest absolute Gasteiger partial charge is 0.316 e. The molecule has 0 aromatic carbocycles. The molecule has 2 atom stereocenters. The molecule has 1 fully saturated rings. The van der Waals surface area contributed by atoms with Gasteiger partial charge >= 0.3 is 0 Å². The molecule has 106 valence electrons. The van der Waals surface area contributed by atoms with E-state index >= 15 is 0 Å². The van der Waals surface area contributed by atoms with Crippen LogP contribution in [0.1, 0.15) is 45.3 Å². The lowest BCUT2D eigenvalue weighted by Crippen LogP contribution is -2.42. The highest BCUT2D eigenvalue weighted by Gasteiger charge is 2.24. The van der Waals surface area contributed by atoms with E-state index < -0.39 is 0 Å². The molecule has 2 unspecified atom stereocenters. The Morgan fingerprint density at radius 2 is 2.21 bits per heavy atom. The minimum absolute atomic E-state index is 0.392. The number of aromatic nitrogens is 1. The zero-order valence-electron chi connectivity index (χ0n) is 12.5. The first kappa shape index (κ1) is 14.5. The first-order valence-corrected chi connectivity index (χ1v) is 7.56. The summed E-state index contributed by atoms with van der Waals surface area (Å²) in [6.45, 7) is 10.4. The van der Waals surface area contributed by atoms with E-state index in [2.05, 4.69) is 48.1 Å². The van der Waals surface area contributed by atoms with Crippen LogP contribution in [0.5, 0.6) is 0 Å². The van der Waals surface area contributed by atoms with Crippen LogP contribution in [-0.4, -0.2) is 35.6 Å². The van der Waals surface area contributed by atoms with Gasteiger partial charge in [0.15, 0.2) is 0 Å².